The van der Waals surface area contributed by atoms with Crippen LogP contribution in [0.1, 0.15) is 0 Å². The number of hydrogen-bond donors (Lipinski definition) is 0. The number of benzene rings is 3. The normalized spacial score (nSPS) is 10.7. The lowest BCUT2D eigenvalue weighted by atomic mass is 10.1. The van der Waals surface area contributed by atoms with Crippen molar-refractivity contribution in [2.75, 3.05) is 20.3 Å². The van der Waals surface area contributed by atoms with Gasteiger partial charge in [-0.3, -0.25) is 4.79 Å². The van der Waals surface area contributed by atoms with E-state index in [-0.39, 0.29) is 17.8 Å². The average Bonchev–Trinajstić information content (AvgIpc) is 2.78. The van der Waals surface area contributed by atoms with Crippen molar-refractivity contribution in [1.82, 2.24) is 0 Å². The molecule has 29 heavy (non-hydrogen) atoms. The zero-order valence-corrected chi connectivity index (χ0v) is 16.0. The number of fused-ring (bicyclic) bond motifs is 1. The standard InChI is InChI=1S/C24H20O5/c1-26-18-13-11-17(12-14-18)23-24(22(25)20-9-5-6-10-21(20)29-23)28-16-15-27-19-7-3-2-4-8-19/h2-14H,15-16H2,1H3. The summed E-state index contributed by atoms with van der Waals surface area (Å²) < 4.78 is 22.8. The topological polar surface area (TPSA) is 57.9 Å². The van der Waals surface area contributed by atoms with Crippen LogP contribution in [-0.4, -0.2) is 20.3 Å². The molecule has 0 fully saturated rings. The van der Waals surface area contributed by atoms with Crippen molar-refractivity contribution in [2.24, 2.45) is 0 Å². The van der Waals surface area contributed by atoms with E-state index < -0.39 is 0 Å². The Labute approximate surface area is 168 Å². The highest BCUT2D eigenvalue weighted by molar-refractivity contribution is 5.82. The predicted molar refractivity (Wildman–Crippen MR) is 112 cm³/mol. The van der Waals surface area contributed by atoms with Crippen LogP contribution in [0.15, 0.2) is 88.1 Å². The molecular formula is C24H20O5. The van der Waals surface area contributed by atoms with Crippen LogP contribution in [-0.2, 0) is 0 Å². The van der Waals surface area contributed by atoms with E-state index in [0.717, 1.165) is 17.1 Å². The third kappa shape index (κ3) is 4.09. The van der Waals surface area contributed by atoms with Gasteiger partial charge in [0.05, 0.1) is 12.5 Å². The molecule has 0 amide bonds. The number of methoxy groups -OCH3 is 1. The Kier molecular flexibility index (Phi) is 5.47. The Morgan fingerprint density at radius 2 is 1.45 bits per heavy atom. The molecule has 0 aliphatic heterocycles. The summed E-state index contributed by atoms with van der Waals surface area (Å²) in [5.74, 6) is 2.02. The number of para-hydroxylation sites is 2. The van der Waals surface area contributed by atoms with Gasteiger partial charge in [-0.2, -0.15) is 0 Å². The molecule has 0 saturated carbocycles. The quantitative estimate of drug-likeness (QED) is 0.420. The maximum absolute atomic E-state index is 13.1. The second-order valence-corrected chi connectivity index (χ2v) is 6.32. The fourth-order valence-corrected chi connectivity index (χ4v) is 3.01. The summed E-state index contributed by atoms with van der Waals surface area (Å²) in [4.78, 5) is 13.1. The Balaban J connectivity index is 1.64. The smallest absolute Gasteiger partial charge is 0.235 e. The summed E-state index contributed by atoms with van der Waals surface area (Å²) in [5.41, 5.74) is 1.03. The van der Waals surface area contributed by atoms with Crippen molar-refractivity contribution < 1.29 is 18.6 Å². The van der Waals surface area contributed by atoms with Crippen LogP contribution in [0.5, 0.6) is 17.2 Å². The molecule has 0 saturated heterocycles. The number of hydrogen-bond acceptors (Lipinski definition) is 5. The lowest BCUT2D eigenvalue weighted by molar-refractivity contribution is 0.214. The highest BCUT2D eigenvalue weighted by atomic mass is 16.5. The second kappa shape index (κ2) is 8.52. The molecule has 0 aliphatic rings. The highest BCUT2D eigenvalue weighted by Gasteiger charge is 2.17. The maximum atomic E-state index is 13.1. The first-order valence-corrected chi connectivity index (χ1v) is 9.27. The van der Waals surface area contributed by atoms with Crippen LogP contribution in [0, 0.1) is 0 Å². The van der Waals surface area contributed by atoms with Gasteiger partial charge in [-0.25, -0.2) is 0 Å². The summed E-state index contributed by atoms with van der Waals surface area (Å²) in [5, 5.41) is 0.476. The average molecular weight is 388 g/mol. The van der Waals surface area contributed by atoms with Crippen LogP contribution in [0.25, 0.3) is 22.3 Å². The molecule has 0 atom stereocenters. The molecule has 0 N–H and O–H groups in total. The van der Waals surface area contributed by atoms with Gasteiger partial charge in [-0.05, 0) is 48.5 Å². The Hall–Kier alpha value is -3.73. The Bertz CT molecular complexity index is 1150. The van der Waals surface area contributed by atoms with Gasteiger partial charge < -0.3 is 18.6 Å². The van der Waals surface area contributed by atoms with Gasteiger partial charge in [-0.1, -0.05) is 30.3 Å². The van der Waals surface area contributed by atoms with E-state index in [4.69, 9.17) is 18.6 Å². The Morgan fingerprint density at radius 3 is 2.21 bits per heavy atom. The van der Waals surface area contributed by atoms with Crippen molar-refractivity contribution >= 4 is 11.0 Å². The molecule has 3 aromatic carbocycles. The van der Waals surface area contributed by atoms with E-state index in [1.54, 1.807) is 25.3 Å². The van der Waals surface area contributed by atoms with E-state index >= 15 is 0 Å². The molecule has 5 heteroatoms. The van der Waals surface area contributed by atoms with Gasteiger partial charge in [0.2, 0.25) is 11.2 Å². The zero-order chi connectivity index (χ0) is 20.1. The minimum absolute atomic E-state index is 0.172. The van der Waals surface area contributed by atoms with Crippen molar-refractivity contribution in [1.29, 1.82) is 0 Å². The van der Waals surface area contributed by atoms with Crippen LogP contribution in [0.2, 0.25) is 0 Å². The molecule has 0 radical (unpaired) electrons. The molecule has 5 nitrogen and oxygen atoms in total. The predicted octanol–water partition coefficient (Wildman–Crippen LogP) is 4.93. The molecule has 0 unspecified atom stereocenters. The third-order valence-electron chi connectivity index (χ3n) is 4.45. The largest absolute Gasteiger partial charge is 0.497 e. The summed E-state index contributed by atoms with van der Waals surface area (Å²) in [7, 11) is 1.60. The lowest BCUT2D eigenvalue weighted by Gasteiger charge is -2.12. The van der Waals surface area contributed by atoms with Gasteiger partial charge in [0.15, 0.2) is 5.76 Å². The van der Waals surface area contributed by atoms with E-state index in [0.29, 0.717) is 23.3 Å². The van der Waals surface area contributed by atoms with Gasteiger partial charge in [0, 0.05) is 5.56 Å². The fraction of sp³-hybridized carbons (Fsp3) is 0.125. The molecule has 1 heterocycles. The number of ether oxygens (including phenoxy) is 3. The van der Waals surface area contributed by atoms with Crippen LogP contribution >= 0.6 is 0 Å². The van der Waals surface area contributed by atoms with E-state index in [1.807, 2.05) is 60.7 Å². The van der Waals surface area contributed by atoms with E-state index in [1.165, 1.54) is 0 Å². The van der Waals surface area contributed by atoms with Gasteiger partial charge in [-0.15, -0.1) is 0 Å². The summed E-state index contributed by atoms with van der Waals surface area (Å²) in [6, 6.07) is 23.9. The summed E-state index contributed by atoms with van der Waals surface area (Å²) >= 11 is 0. The van der Waals surface area contributed by atoms with Crippen molar-refractivity contribution in [3.63, 3.8) is 0 Å². The first-order valence-electron chi connectivity index (χ1n) is 9.27. The minimum atomic E-state index is -0.211. The van der Waals surface area contributed by atoms with Gasteiger partial charge in [0.25, 0.3) is 0 Å². The van der Waals surface area contributed by atoms with Gasteiger partial charge >= 0.3 is 0 Å². The molecule has 1 aromatic heterocycles. The SMILES string of the molecule is COc1ccc(-c2oc3ccccc3c(=O)c2OCCOc2ccccc2)cc1. The lowest BCUT2D eigenvalue weighted by Crippen LogP contribution is -2.15. The van der Waals surface area contributed by atoms with Crippen molar-refractivity contribution in [2.45, 2.75) is 0 Å². The van der Waals surface area contributed by atoms with E-state index in [9.17, 15) is 4.79 Å². The summed E-state index contributed by atoms with van der Waals surface area (Å²) in [6.45, 7) is 0.513. The molecule has 4 rings (SSSR count). The second-order valence-electron chi connectivity index (χ2n) is 6.32. The van der Waals surface area contributed by atoms with Crippen LogP contribution in [0.4, 0.5) is 0 Å². The molecule has 4 aromatic rings. The molecule has 0 aliphatic carbocycles. The molecular weight excluding hydrogens is 368 g/mol. The zero-order valence-electron chi connectivity index (χ0n) is 16.0. The monoisotopic (exact) mass is 388 g/mol. The summed E-state index contributed by atoms with van der Waals surface area (Å²) in [6.07, 6.45) is 0. The highest BCUT2D eigenvalue weighted by Crippen LogP contribution is 2.31. The van der Waals surface area contributed by atoms with Crippen molar-refractivity contribution in [3.05, 3.63) is 89.1 Å². The number of rotatable bonds is 7. The molecule has 146 valence electrons. The third-order valence-corrected chi connectivity index (χ3v) is 4.45. The van der Waals surface area contributed by atoms with Crippen molar-refractivity contribution in [3.8, 4) is 28.6 Å². The first kappa shape index (κ1) is 18.6. The van der Waals surface area contributed by atoms with Gasteiger partial charge in [0.1, 0.15) is 30.3 Å². The van der Waals surface area contributed by atoms with E-state index in [2.05, 4.69) is 0 Å². The molecule has 0 bridgehead atoms. The minimum Gasteiger partial charge on any atom is -0.497 e. The fourth-order valence-electron chi connectivity index (χ4n) is 3.01. The molecule has 0 spiro atoms. The first-order chi connectivity index (χ1) is 14.3. The Morgan fingerprint density at radius 1 is 0.759 bits per heavy atom. The van der Waals surface area contributed by atoms with Crippen LogP contribution in [0.3, 0.4) is 0 Å². The van der Waals surface area contributed by atoms with Crippen LogP contribution < -0.4 is 19.6 Å². The maximum Gasteiger partial charge on any atom is 0.235 e.